The van der Waals surface area contributed by atoms with E-state index in [2.05, 4.69) is 6.08 Å². The van der Waals surface area contributed by atoms with Crippen molar-refractivity contribution in [3.63, 3.8) is 0 Å². The first-order chi connectivity index (χ1) is 9.27. The molecule has 2 heterocycles. The summed E-state index contributed by atoms with van der Waals surface area (Å²) in [6.45, 7) is 2.65. The van der Waals surface area contributed by atoms with Gasteiger partial charge < -0.3 is 15.2 Å². The Labute approximate surface area is 116 Å². The van der Waals surface area contributed by atoms with Gasteiger partial charge in [-0.05, 0) is 50.9 Å². The number of allylic oxidation sites excluding steroid dienone is 1. The minimum atomic E-state index is 0.110. The van der Waals surface area contributed by atoms with Crippen LogP contribution in [0.2, 0.25) is 0 Å². The van der Waals surface area contributed by atoms with Gasteiger partial charge in [0, 0.05) is 25.9 Å². The Morgan fingerprint density at radius 2 is 1.95 bits per heavy atom. The van der Waals surface area contributed by atoms with E-state index in [1.54, 1.807) is 5.57 Å². The summed E-state index contributed by atoms with van der Waals surface area (Å²) in [4.78, 5) is 0. The Bertz CT molecular complexity index is 328. The second kappa shape index (κ2) is 5.94. The Hall–Kier alpha value is -0.380. The third-order valence-corrected chi connectivity index (χ3v) is 5.10. The van der Waals surface area contributed by atoms with Crippen LogP contribution in [-0.4, -0.2) is 31.5 Å². The fourth-order valence-electron chi connectivity index (χ4n) is 3.93. The van der Waals surface area contributed by atoms with E-state index < -0.39 is 0 Å². The van der Waals surface area contributed by atoms with E-state index in [1.807, 2.05) is 0 Å². The van der Waals surface area contributed by atoms with Crippen molar-refractivity contribution in [2.75, 3.05) is 19.8 Å². The maximum absolute atomic E-state index is 6.17. The molecule has 0 aromatic rings. The van der Waals surface area contributed by atoms with Crippen LogP contribution in [0.25, 0.3) is 0 Å². The van der Waals surface area contributed by atoms with Crippen molar-refractivity contribution < 1.29 is 9.47 Å². The highest BCUT2D eigenvalue weighted by atomic mass is 16.5. The molecular formula is C16H27NO2. The van der Waals surface area contributed by atoms with Crippen molar-refractivity contribution in [1.82, 2.24) is 0 Å². The van der Waals surface area contributed by atoms with E-state index in [-0.39, 0.29) is 11.6 Å². The maximum Gasteiger partial charge on any atom is 0.0732 e. The molecule has 1 spiro atoms. The highest BCUT2D eigenvalue weighted by Gasteiger charge is 2.39. The quantitative estimate of drug-likeness (QED) is 0.741. The molecule has 0 aromatic carbocycles. The molecule has 2 unspecified atom stereocenters. The van der Waals surface area contributed by atoms with Crippen LogP contribution in [0.15, 0.2) is 11.6 Å². The van der Waals surface area contributed by atoms with Crippen LogP contribution in [0.5, 0.6) is 0 Å². The molecule has 0 amide bonds. The lowest BCUT2D eigenvalue weighted by Crippen LogP contribution is -2.44. The smallest absolute Gasteiger partial charge is 0.0732 e. The predicted molar refractivity (Wildman–Crippen MR) is 76.0 cm³/mol. The van der Waals surface area contributed by atoms with Gasteiger partial charge in [-0.2, -0.15) is 0 Å². The lowest BCUT2D eigenvalue weighted by atomic mass is 9.76. The van der Waals surface area contributed by atoms with Crippen LogP contribution < -0.4 is 5.73 Å². The van der Waals surface area contributed by atoms with Gasteiger partial charge in [0.2, 0.25) is 0 Å². The number of nitrogens with two attached hydrogens (primary N) is 1. The molecule has 3 heteroatoms. The Morgan fingerprint density at radius 3 is 2.79 bits per heavy atom. The van der Waals surface area contributed by atoms with Gasteiger partial charge >= 0.3 is 0 Å². The highest BCUT2D eigenvalue weighted by molar-refractivity contribution is 5.14. The predicted octanol–water partition coefficient (Wildman–Crippen LogP) is 2.79. The summed E-state index contributed by atoms with van der Waals surface area (Å²) in [6.07, 6.45) is 11.9. The fourth-order valence-corrected chi connectivity index (χ4v) is 3.93. The summed E-state index contributed by atoms with van der Waals surface area (Å²) in [5, 5.41) is 0. The zero-order valence-electron chi connectivity index (χ0n) is 11.9. The zero-order valence-corrected chi connectivity index (χ0v) is 11.9. The topological polar surface area (TPSA) is 44.5 Å². The van der Waals surface area contributed by atoms with Gasteiger partial charge in [0.25, 0.3) is 0 Å². The van der Waals surface area contributed by atoms with E-state index >= 15 is 0 Å². The molecule has 19 heavy (non-hydrogen) atoms. The minimum Gasteiger partial charge on any atom is -0.381 e. The van der Waals surface area contributed by atoms with E-state index in [1.165, 1.54) is 32.1 Å². The fraction of sp³-hybridized carbons (Fsp3) is 0.875. The second-order valence-electron chi connectivity index (χ2n) is 6.48. The standard InChI is InChI=1S/C16H27NO2/c17-15-4-2-1-3-13(11-15)14-5-8-19-16(12-14)6-9-18-10-7-16/h11,14-15H,1-10,12,17H2. The lowest BCUT2D eigenvalue weighted by molar-refractivity contribution is -0.143. The number of hydrogen-bond acceptors (Lipinski definition) is 3. The van der Waals surface area contributed by atoms with Crippen LogP contribution in [0.3, 0.4) is 0 Å². The lowest BCUT2D eigenvalue weighted by Gasteiger charge is -2.44. The molecule has 2 N–H and O–H groups in total. The van der Waals surface area contributed by atoms with Crippen molar-refractivity contribution in [2.45, 2.75) is 63.0 Å². The van der Waals surface area contributed by atoms with Crippen molar-refractivity contribution in [3.05, 3.63) is 11.6 Å². The molecule has 0 bridgehead atoms. The molecule has 3 aliphatic rings. The van der Waals surface area contributed by atoms with Gasteiger partial charge in [-0.3, -0.25) is 0 Å². The molecule has 3 nitrogen and oxygen atoms in total. The van der Waals surface area contributed by atoms with Gasteiger partial charge in [0.1, 0.15) is 0 Å². The molecule has 108 valence electrons. The Kier molecular flexibility index (Phi) is 4.25. The summed E-state index contributed by atoms with van der Waals surface area (Å²) in [5.74, 6) is 0.705. The van der Waals surface area contributed by atoms with Crippen molar-refractivity contribution in [1.29, 1.82) is 0 Å². The van der Waals surface area contributed by atoms with Gasteiger partial charge in [-0.1, -0.05) is 18.1 Å². The molecule has 0 saturated carbocycles. The largest absolute Gasteiger partial charge is 0.381 e. The van der Waals surface area contributed by atoms with Crippen LogP contribution >= 0.6 is 0 Å². The van der Waals surface area contributed by atoms with Crippen molar-refractivity contribution >= 4 is 0 Å². The number of hydrogen-bond donors (Lipinski definition) is 1. The average Bonchev–Trinajstić information content (AvgIpc) is 2.64. The molecule has 3 rings (SSSR count). The molecule has 1 aliphatic carbocycles. The number of rotatable bonds is 1. The monoisotopic (exact) mass is 265 g/mol. The minimum absolute atomic E-state index is 0.110. The molecule has 2 aliphatic heterocycles. The van der Waals surface area contributed by atoms with Crippen LogP contribution in [0, 0.1) is 5.92 Å². The average molecular weight is 265 g/mol. The summed E-state index contributed by atoms with van der Waals surface area (Å²) in [5.41, 5.74) is 7.91. The van der Waals surface area contributed by atoms with Gasteiger partial charge in [0.15, 0.2) is 0 Å². The zero-order chi connectivity index (χ0) is 13.1. The first-order valence-electron chi connectivity index (χ1n) is 7.95. The highest BCUT2D eigenvalue weighted by Crippen LogP contribution is 2.41. The van der Waals surface area contributed by atoms with E-state index in [9.17, 15) is 0 Å². The van der Waals surface area contributed by atoms with E-state index in [0.717, 1.165) is 39.1 Å². The summed E-state index contributed by atoms with van der Waals surface area (Å²) < 4.78 is 11.6. The van der Waals surface area contributed by atoms with Crippen molar-refractivity contribution in [3.8, 4) is 0 Å². The number of ether oxygens (including phenoxy) is 2. The Morgan fingerprint density at radius 1 is 1.11 bits per heavy atom. The van der Waals surface area contributed by atoms with Crippen LogP contribution in [0.1, 0.15) is 51.4 Å². The Balaban J connectivity index is 1.70. The molecule has 2 atom stereocenters. The SMILES string of the molecule is NC1C=C(C2CCOC3(CCOCC3)C2)CCCC1. The third kappa shape index (κ3) is 3.21. The van der Waals surface area contributed by atoms with Gasteiger partial charge in [0.05, 0.1) is 5.60 Å². The van der Waals surface area contributed by atoms with E-state index in [4.69, 9.17) is 15.2 Å². The second-order valence-corrected chi connectivity index (χ2v) is 6.48. The van der Waals surface area contributed by atoms with Crippen LogP contribution in [-0.2, 0) is 9.47 Å². The van der Waals surface area contributed by atoms with Gasteiger partial charge in [-0.15, -0.1) is 0 Å². The molecule has 0 aromatic heterocycles. The third-order valence-electron chi connectivity index (χ3n) is 5.10. The molecular weight excluding hydrogens is 238 g/mol. The maximum atomic E-state index is 6.17. The van der Waals surface area contributed by atoms with Crippen molar-refractivity contribution in [2.24, 2.45) is 11.7 Å². The summed E-state index contributed by atoms with van der Waals surface area (Å²) in [7, 11) is 0. The van der Waals surface area contributed by atoms with Crippen LogP contribution in [0.4, 0.5) is 0 Å². The first kappa shape index (κ1) is 13.6. The normalized spacial score (nSPS) is 35.7. The molecule has 0 radical (unpaired) electrons. The summed E-state index contributed by atoms with van der Waals surface area (Å²) in [6, 6.07) is 0.283. The molecule has 2 saturated heterocycles. The van der Waals surface area contributed by atoms with Gasteiger partial charge in [-0.25, -0.2) is 0 Å². The van der Waals surface area contributed by atoms with E-state index in [0.29, 0.717) is 5.92 Å². The first-order valence-corrected chi connectivity index (χ1v) is 7.95. The molecule has 2 fully saturated rings. The summed E-state index contributed by atoms with van der Waals surface area (Å²) >= 11 is 0.